The van der Waals surface area contributed by atoms with E-state index in [0.717, 1.165) is 23.6 Å². The zero-order valence-electron chi connectivity index (χ0n) is 10.4. The van der Waals surface area contributed by atoms with Crippen LogP contribution in [0.25, 0.3) is 0 Å². The van der Waals surface area contributed by atoms with Crippen LogP contribution < -0.4 is 15.0 Å². The monoisotopic (exact) mass is 268 g/mol. The van der Waals surface area contributed by atoms with Crippen LogP contribution in [0.2, 0.25) is 0 Å². The highest BCUT2D eigenvalue weighted by Crippen LogP contribution is 2.36. The molecule has 1 fully saturated rings. The van der Waals surface area contributed by atoms with Gasteiger partial charge >= 0.3 is 0 Å². The highest BCUT2D eigenvalue weighted by atomic mass is 32.2. The summed E-state index contributed by atoms with van der Waals surface area (Å²) in [5.74, 6) is 2.88. The molecule has 3 nitrogen and oxygen atoms in total. The maximum atomic E-state index is 14.1. The minimum atomic E-state index is -0.176. The Morgan fingerprint density at radius 1 is 1.50 bits per heavy atom. The van der Waals surface area contributed by atoms with Crippen molar-refractivity contribution in [2.75, 3.05) is 35.5 Å². The molecule has 5 heteroatoms. The van der Waals surface area contributed by atoms with Crippen molar-refractivity contribution in [3.05, 3.63) is 17.9 Å². The third-order valence-corrected chi connectivity index (χ3v) is 4.80. The van der Waals surface area contributed by atoms with Crippen molar-refractivity contribution in [3.63, 3.8) is 0 Å². The second-order valence-corrected chi connectivity index (χ2v) is 5.90. The summed E-state index contributed by atoms with van der Waals surface area (Å²) in [4.78, 5) is 2.06. The summed E-state index contributed by atoms with van der Waals surface area (Å²) in [6.45, 7) is 0.432. The Balaban J connectivity index is 1.86. The van der Waals surface area contributed by atoms with Crippen molar-refractivity contribution >= 4 is 23.1 Å². The summed E-state index contributed by atoms with van der Waals surface area (Å²) >= 11 is 1.95. The first-order chi connectivity index (χ1) is 8.75. The zero-order valence-corrected chi connectivity index (χ0v) is 11.2. The molecule has 18 heavy (non-hydrogen) atoms. The number of nitrogens with one attached hydrogen (secondary N) is 1. The molecule has 1 saturated heterocycles. The first-order valence-electron chi connectivity index (χ1n) is 6.26. The summed E-state index contributed by atoms with van der Waals surface area (Å²) in [5.41, 5.74) is 1.40. The van der Waals surface area contributed by atoms with Crippen molar-refractivity contribution in [2.24, 2.45) is 0 Å². The zero-order chi connectivity index (χ0) is 12.5. The Morgan fingerprint density at radius 3 is 3.17 bits per heavy atom. The lowest BCUT2D eigenvalue weighted by molar-refractivity contribution is 0.372. The van der Waals surface area contributed by atoms with E-state index in [9.17, 15) is 4.39 Å². The van der Waals surface area contributed by atoms with Crippen LogP contribution in [0, 0.1) is 5.82 Å². The SMILES string of the molecule is CN(c1cc2c(cc1F)NCO2)C1CCCSC1. The average molecular weight is 268 g/mol. The summed E-state index contributed by atoms with van der Waals surface area (Å²) in [7, 11) is 1.98. The van der Waals surface area contributed by atoms with Gasteiger partial charge in [0.25, 0.3) is 0 Å². The molecule has 0 spiro atoms. The number of ether oxygens (including phenoxy) is 1. The summed E-state index contributed by atoms with van der Waals surface area (Å²) < 4.78 is 19.5. The van der Waals surface area contributed by atoms with Crippen LogP contribution in [-0.2, 0) is 0 Å². The van der Waals surface area contributed by atoms with E-state index in [0.29, 0.717) is 18.5 Å². The van der Waals surface area contributed by atoms with E-state index in [4.69, 9.17) is 4.74 Å². The van der Waals surface area contributed by atoms with Gasteiger partial charge in [0, 0.05) is 31.0 Å². The highest BCUT2D eigenvalue weighted by molar-refractivity contribution is 7.99. The van der Waals surface area contributed by atoms with Crippen molar-refractivity contribution < 1.29 is 9.13 Å². The normalized spacial score (nSPS) is 22.0. The minimum Gasteiger partial charge on any atom is -0.471 e. The standard InChI is InChI=1S/C13H17FN2OS/c1-16(9-3-2-4-18-7-9)12-6-13-11(5-10(12)14)15-8-17-13/h5-6,9,15H,2-4,7-8H2,1H3. The van der Waals surface area contributed by atoms with E-state index in [2.05, 4.69) is 10.2 Å². The molecule has 0 amide bonds. The van der Waals surface area contributed by atoms with E-state index in [1.54, 1.807) is 0 Å². The predicted molar refractivity (Wildman–Crippen MR) is 74.3 cm³/mol. The molecule has 0 aromatic heterocycles. The molecule has 2 heterocycles. The smallest absolute Gasteiger partial charge is 0.159 e. The molecule has 1 atom stereocenters. The molecule has 0 saturated carbocycles. The van der Waals surface area contributed by atoms with Gasteiger partial charge < -0.3 is 15.0 Å². The molecular formula is C13H17FN2OS. The van der Waals surface area contributed by atoms with Gasteiger partial charge in [-0.05, 0) is 18.6 Å². The summed E-state index contributed by atoms with van der Waals surface area (Å²) in [5, 5.41) is 3.00. The van der Waals surface area contributed by atoms with Gasteiger partial charge in [0.1, 0.15) is 11.6 Å². The molecule has 3 rings (SSSR count). The van der Waals surface area contributed by atoms with Crippen LogP contribution >= 0.6 is 11.8 Å². The Bertz CT molecular complexity index is 449. The van der Waals surface area contributed by atoms with Crippen LogP contribution in [0.5, 0.6) is 5.75 Å². The fourth-order valence-corrected chi connectivity index (χ4v) is 3.69. The Labute approximate surface area is 111 Å². The summed E-state index contributed by atoms with van der Waals surface area (Å²) in [6, 6.07) is 3.76. The second-order valence-electron chi connectivity index (χ2n) is 4.75. The fourth-order valence-electron chi connectivity index (χ4n) is 2.49. The molecule has 1 unspecified atom stereocenters. The molecule has 1 aromatic carbocycles. The number of halogens is 1. The van der Waals surface area contributed by atoms with Gasteiger partial charge in [-0.1, -0.05) is 0 Å². The topological polar surface area (TPSA) is 24.5 Å². The number of rotatable bonds is 2. The second kappa shape index (κ2) is 4.88. The first-order valence-corrected chi connectivity index (χ1v) is 7.42. The van der Waals surface area contributed by atoms with Crippen molar-refractivity contribution in [3.8, 4) is 5.75 Å². The Kier molecular flexibility index (Phi) is 3.24. The van der Waals surface area contributed by atoms with Crippen molar-refractivity contribution in [2.45, 2.75) is 18.9 Å². The fraction of sp³-hybridized carbons (Fsp3) is 0.538. The van der Waals surface area contributed by atoms with E-state index < -0.39 is 0 Å². The number of thioether (sulfide) groups is 1. The molecule has 98 valence electrons. The molecule has 0 radical (unpaired) electrons. The Morgan fingerprint density at radius 2 is 2.39 bits per heavy atom. The maximum Gasteiger partial charge on any atom is 0.159 e. The molecule has 1 aromatic rings. The number of hydrogen-bond acceptors (Lipinski definition) is 4. The molecule has 2 aliphatic rings. The van der Waals surface area contributed by atoms with Crippen molar-refractivity contribution in [1.82, 2.24) is 0 Å². The predicted octanol–water partition coefficient (Wildman–Crippen LogP) is 2.92. The number of anilines is 2. The first kappa shape index (κ1) is 12.0. The largest absolute Gasteiger partial charge is 0.471 e. The lowest BCUT2D eigenvalue weighted by Crippen LogP contribution is -2.36. The number of hydrogen-bond donors (Lipinski definition) is 1. The quantitative estimate of drug-likeness (QED) is 0.891. The maximum absolute atomic E-state index is 14.1. The van der Waals surface area contributed by atoms with Crippen molar-refractivity contribution in [1.29, 1.82) is 0 Å². The van der Waals surface area contributed by atoms with Gasteiger partial charge in [-0.2, -0.15) is 11.8 Å². The van der Waals surface area contributed by atoms with Crippen LogP contribution in [-0.4, -0.2) is 31.3 Å². The molecular weight excluding hydrogens is 251 g/mol. The van der Waals surface area contributed by atoms with Crippen LogP contribution in [0.15, 0.2) is 12.1 Å². The van der Waals surface area contributed by atoms with Gasteiger partial charge in [-0.25, -0.2) is 4.39 Å². The highest BCUT2D eigenvalue weighted by Gasteiger charge is 2.23. The minimum absolute atomic E-state index is 0.176. The lowest BCUT2D eigenvalue weighted by atomic mass is 10.1. The van der Waals surface area contributed by atoms with Crippen LogP contribution in [0.3, 0.4) is 0 Å². The summed E-state index contributed by atoms with van der Waals surface area (Å²) in [6.07, 6.45) is 2.35. The number of benzene rings is 1. The molecule has 0 aliphatic carbocycles. The van der Waals surface area contributed by atoms with Gasteiger partial charge in [0.2, 0.25) is 0 Å². The van der Waals surface area contributed by atoms with E-state index >= 15 is 0 Å². The van der Waals surface area contributed by atoms with Gasteiger partial charge in [0.05, 0.1) is 11.4 Å². The van der Waals surface area contributed by atoms with E-state index in [-0.39, 0.29) is 5.82 Å². The molecule has 0 bridgehead atoms. The molecule has 1 N–H and O–H groups in total. The average Bonchev–Trinajstić information content (AvgIpc) is 2.85. The van der Waals surface area contributed by atoms with E-state index in [1.165, 1.54) is 18.2 Å². The molecule has 2 aliphatic heterocycles. The lowest BCUT2D eigenvalue weighted by Gasteiger charge is -2.32. The third kappa shape index (κ3) is 2.11. The van der Waals surface area contributed by atoms with Crippen LogP contribution in [0.4, 0.5) is 15.8 Å². The third-order valence-electron chi connectivity index (χ3n) is 3.60. The van der Waals surface area contributed by atoms with E-state index in [1.807, 2.05) is 24.9 Å². The van der Waals surface area contributed by atoms with Gasteiger partial charge in [0.15, 0.2) is 6.73 Å². The number of nitrogens with zero attached hydrogens (tertiary/aromatic N) is 1. The number of fused-ring (bicyclic) bond motifs is 1. The van der Waals surface area contributed by atoms with Gasteiger partial charge in [-0.3, -0.25) is 0 Å². The Hall–Kier alpha value is -1.10. The van der Waals surface area contributed by atoms with Crippen LogP contribution in [0.1, 0.15) is 12.8 Å². The van der Waals surface area contributed by atoms with Gasteiger partial charge in [-0.15, -0.1) is 0 Å².